The summed E-state index contributed by atoms with van der Waals surface area (Å²) in [5.74, 6) is 0. The van der Waals surface area contributed by atoms with E-state index in [9.17, 15) is 9.59 Å². The highest BCUT2D eigenvalue weighted by Crippen LogP contribution is 2.18. The molecule has 4 nitrogen and oxygen atoms in total. The summed E-state index contributed by atoms with van der Waals surface area (Å²) in [6, 6.07) is 3.92. The van der Waals surface area contributed by atoms with E-state index in [4.69, 9.17) is 0 Å². The van der Waals surface area contributed by atoms with Crippen LogP contribution in [0.25, 0.3) is 0 Å². The van der Waals surface area contributed by atoms with E-state index >= 15 is 0 Å². The second-order valence-corrected chi connectivity index (χ2v) is 4.14. The van der Waals surface area contributed by atoms with Gasteiger partial charge in [-0.15, -0.1) is 0 Å². The number of pyridine rings is 1. The molecule has 4 heteroatoms. The second kappa shape index (κ2) is 4.51. The summed E-state index contributed by atoms with van der Waals surface area (Å²) >= 11 is 0. The van der Waals surface area contributed by atoms with Crippen LogP contribution in [-0.2, 0) is 11.2 Å². The fourth-order valence-electron chi connectivity index (χ4n) is 2.20. The molecular formula is C12H16N2O2. The van der Waals surface area contributed by atoms with Gasteiger partial charge in [0.05, 0.1) is 6.04 Å². The molecule has 0 N–H and O–H groups in total. The van der Waals surface area contributed by atoms with Crippen LogP contribution in [0, 0.1) is 0 Å². The molecule has 0 aliphatic carbocycles. The number of hydrogen-bond acceptors (Lipinski definition) is 2. The summed E-state index contributed by atoms with van der Waals surface area (Å²) in [7, 11) is 0. The van der Waals surface area contributed by atoms with Crippen molar-refractivity contribution in [2.24, 2.45) is 0 Å². The molecule has 0 bridgehead atoms. The molecule has 2 heterocycles. The lowest BCUT2D eigenvalue weighted by molar-refractivity contribution is -0.117. The minimum absolute atomic E-state index is 0.0859. The molecule has 1 aromatic rings. The maximum atomic E-state index is 12.0. The van der Waals surface area contributed by atoms with Crippen LogP contribution in [0.4, 0.5) is 0 Å². The smallest absolute Gasteiger partial charge is 0.254 e. The summed E-state index contributed by atoms with van der Waals surface area (Å²) in [4.78, 5) is 24.4. The molecule has 0 aromatic carbocycles. The van der Waals surface area contributed by atoms with Gasteiger partial charge in [-0.25, -0.2) is 0 Å². The number of aromatic nitrogens is 1. The third-order valence-electron chi connectivity index (χ3n) is 3.17. The molecule has 16 heavy (non-hydrogen) atoms. The number of rotatable bonds is 3. The minimum Gasteiger partial charge on any atom is -0.343 e. The van der Waals surface area contributed by atoms with E-state index in [-0.39, 0.29) is 11.6 Å². The van der Waals surface area contributed by atoms with Gasteiger partial charge in [-0.2, -0.15) is 0 Å². The molecule has 86 valence electrons. The van der Waals surface area contributed by atoms with Crippen LogP contribution in [0.2, 0.25) is 0 Å². The number of amides is 1. The molecule has 1 saturated heterocycles. The SMILES string of the molecule is CCc1cccn(C2CCN(C=O)C2)c1=O. The highest BCUT2D eigenvalue weighted by Gasteiger charge is 2.23. The van der Waals surface area contributed by atoms with Gasteiger partial charge in [0.2, 0.25) is 6.41 Å². The standard InChI is InChI=1S/C12H16N2O2/c1-2-10-4-3-6-14(12(10)16)11-5-7-13(8-11)9-15/h3-4,6,9,11H,2,5,7-8H2,1H3. The van der Waals surface area contributed by atoms with Gasteiger partial charge < -0.3 is 9.47 Å². The number of likely N-dealkylation sites (tertiary alicyclic amines) is 1. The number of carbonyl (C=O) groups is 1. The maximum absolute atomic E-state index is 12.0. The average molecular weight is 220 g/mol. The Morgan fingerprint density at radius 2 is 2.38 bits per heavy atom. The number of hydrogen-bond donors (Lipinski definition) is 0. The van der Waals surface area contributed by atoms with E-state index in [0.29, 0.717) is 6.54 Å². The predicted molar refractivity (Wildman–Crippen MR) is 61.4 cm³/mol. The Kier molecular flexibility index (Phi) is 3.08. The predicted octanol–water partition coefficient (Wildman–Crippen LogP) is 0.814. The van der Waals surface area contributed by atoms with Crippen LogP contribution in [-0.4, -0.2) is 29.0 Å². The van der Waals surface area contributed by atoms with E-state index in [0.717, 1.165) is 31.4 Å². The van der Waals surface area contributed by atoms with Gasteiger partial charge in [0.15, 0.2) is 0 Å². The minimum atomic E-state index is 0.0859. The zero-order valence-electron chi connectivity index (χ0n) is 9.43. The van der Waals surface area contributed by atoms with Crippen LogP contribution in [0.3, 0.4) is 0 Å². The van der Waals surface area contributed by atoms with Gasteiger partial charge in [0, 0.05) is 24.8 Å². The maximum Gasteiger partial charge on any atom is 0.254 e. The molecule has 1 unspecified atom stereocenters. The average Bonchev–Trinajstić information content (AvgIpc) is 2.78. The molecule has 0 saturated carbocycles. The first-order valence-corrected chi connectivity index (χ1v) is 5.65. The second-order valence-electron chi connectivity index (χ2n) is 4.14. The van der Waals surface area contributed by atoms with Crippen molar-refractivity contribution in [3.05, 3.63) is 34.2 Å². The summed E-state index contributed by atoms with van der Waals surface area (Å²) < 4.78 is 1.77. The molecule has 0 spiro atoms. The first-order valence-electron chi connectivity index (χ1n) is 5.65. The van der Waals surface area contributed by atoms with Crippen molar-refractivity contribution >= 4 is 6.41 Å². The molecule has 1 aromatic heterocycles. The van der Waals surface area contributed by atoms with Crippen LogP contribution < -0.4 is 5.56 Å². The Labute approximate surface area is 94.5 Å². The Bertz CT molecular complexity index is 439. The van der Waals surface area contributed by atoms with Crippen molar-refractivity contribution in [1.82, 2.24) is 9.47 Å². The lowest BCUT2D eigenvalue weighted by Gasteiger charge is -2.14. The van der Waals surface area contributed by atoms with Crippen LogP contribution in [0.1, 0.15) is 24.9 Å². The van der Waals surface area contributed by atoms with Gasteiger partial charge in [0.1, 0.15) is 0 Å². The normalized spacial score (nSPS) is 20.1. The van der Waals surface area contributed by atoms with E-state index in [1.807, 2.05) is 25.3 Å². The Morgan fingerprint density at radius 1 is 1.56 bits per heavy atom. The summed E-state index contributed by atoms with van der Waals surface area (Å²) in [6.45, 7) is 3.38. The first-order chi connectivity index (χ1) is 7.76. The van der Waals surface area contributed by atoms with E-state index in [1.165, 1.54) is 0 Å². The third kappa shape index (κ3) is 1.87. The van der Waals surface area contributed by atoms with Crippen molar-refractivity contribution in [2.75, 3.05) is 13.1 Å². The summed E-state index contributed by atoms with van der Waals surface area (Å²) in [5, 5.41) is 0. The van der Waals surface area contributed by atoms with Gasteiger partial charge in [-0.3, -0.25) is 9.59 Å². The highest BCUT2D eigenvalue weighted by molar-refractivity contribution is 5.47. The molecule has 1 aliphatic heterocycles. The monoisotopic (exact) mass is 220 g/mol. The zero-order chi connectivity index (χ0) is 11.5. The fraction of sp³-hybridized carbons (Fsp3) is 0.500. The zero-order valence-corrected chi connectivity index (χ0v) is 9.43. The van der Waals surface area contributed by atoms with Crippen LogP contribution >= 0.6 is 0 Å². The topological polar surface area (TPSA) is 42.3 Å². The number of nitrogens with zero attached hydrogens (tertiary/aromatic N) is 2. The van der Waals surface area contributed by atoms with Gasteiger partial charge in [-0.1, -0.05) is 13.0 Å². The fourth-order valence-corrected chi connectivity index (χ4v) is 2.20. The Morgan fingerprint density at radius 3 is 3.00 bits per heavy atom. The third-order valence-corrected chi connectivity index (χ3v) is 3.17. The molecule has 2 rings (SSSR count). The van der Waals surface area contributed by atoms with Crippen molar-refractivity contribution < 1.29 is 4.79 Å². The molecule has 1 atom stereocenters. The quantitative estimate of drug-likeness (QED) is 0.707. The molecule has 1 fully saturated rings. The van der Waals surface area contributed by atoms with Crippen LogP contribution in [0.15, 0.2) is 23.1 Å². The van der Waals surface area contributed by atoms with E-state index in [2.05, 4.69) is 0 Å². The van der Waals surface area contributed by atoms with E-state index < -0.39 is 0 Å². The lowest BCUT2D eigenvalue weighted by atomic mass is 10.2. The summed E-state index contributed by atoms with van der Waals surface area (Å²) in [6.07, 6.45) is 4.30. The van der Waals surface area contributed by atoms with Crippen molar-refractivity contribution in [3.63, 3.8) is 0 Å². The van der Waals surface area contributed by atoms with Gasteiger partial charge in [-0.05, 0) is 18.9 Å². The van der Waals surface area contributed by atoms with Gasteiger partial charge >= 0.3 is 0 Å². The first kappa shape index (κ1) is 10.9. The molecule has 0 radical (unpaired) electrons. The van der Waals surface area contributed by atoms with Crippen molar-refractivity contribution in [1.29, 1.82) is 0 Å². The molecule has 1 aliphatic rings. The number of aryl methyl sites for hydroxylation is 1. The summed E-state index contributed by atoms with van der Waals surface area (Å²) in [5.41, 5.74) is 0.926. The van der Waals surface area contributed by atoms with Gasteiger partial charge in [0.25, 0.3) is 5.56 Å². The van der Waals surface area contributed by atoms with Crippen LogP contribution in [0.5, 0.6) is 0 Å². The largest absolute Gasteiger partial charge is 0.343 e. The van der Waals surface area contributed by atoms with E-state index in [1.54, 1.807) is 9.47 Å². The highest BCUT2D eigenvalue weighted by atomic mass is 16.1. The Hall–Kier alpha value is -1.58. The van der Waals surface area contributed by atoms with Crippen molar-refractivity contribution in [3.8, 4) is 0 Å². The lowest BCUT2D eigenvalue weighted by Crippen LogP contribution is -2.28. The molecule has 1 amide bonds. The number of carbonyl (C=O) groups excluding carboxylic acids is 1. The molecular weight excluding hydrogens is 204 g/mol. The Balaban J connectivity index is 2.28. The van der Waals surface area contributed by atoms with Crippen molar-refractivity contribution in [2.45, 2.75) is 25.8 Å².